The molecule has 2 N–H and O–H groups in total. The number of anilines is 1. The Morgan fingerprint density at radius 1 is 1.15 bits per heavy atom. The molecule has 1 unspecified atom stereocenters. The van der Waals surface area contributed by atoms with Crippen LogP contribution < -0.4 is 10.6 Å². The highest BCUT2D eigenvalue weighted by molar-refractivity contribution is 6.08. The normalized spacial score (nSPS) is 11.7. The smallest absolute Gasteiger partial charge is 0.221 e. The van der Waals surface area contributed by atoms with Gasteiger partial charge in [0.1, 0.15) is 5.82 Å². The summed E-state index contributed by atoms with van der Waals surface area (Å²) in [5, 5.41) is 4.88. The predicted molar refractivity (Wildman–Crippen MR) is 73.0 cm³/mol. The lowest BCUT2D eigenvalue weighted by Gasteiger charge is -2.15. The molecule has 2 amide bonds. The molecule has 20 heavy (non-hydrogen) atoms. The first kappa shape index (κ1) is 15.8. The molecule has 0 aliphatic heterocycles. The van der Waals surface area contributed by atoms with E-state index in [-0.39, 0.29) is 22.7 Å². The van der Waals surface area contributed by atoms with Gasteiger partial charge in [0.05, 0.1) is 11.7 Å². The third kappa shape index (κ3) is 3.88. The van der Waals surface area contributed by atoms with E-state index in [4.69, 9.17) is 0 Å². The van der Waals surface area contributed by atoms with E-state index in [2.05, 4.69) is 10.6 Å². The van der Waals surface area contributed by atoms with E-state index in [1.807, 2.05) is 0 Å². The maximum Gasteiger partial charge on any atom is 0.221 e. The Hall–Kier alpha value is -2.24. The molecule has 1 aromatic rings. The monoisotopic (exact) mass is 280 g/mol. The van der Waals surface area contributed by atoms with E-state index in [0.29, 0.717) is 0 Å². The molecule has 1 atom stereocenters. The van der Waals surface area contributed by atoms with Crippen LogP contribution in [-0.2, 0) is 9.59 Å². The molecule has 0 aliphatic rings. The number of rotatable bonds is 4. The summed E-state index contributed by atoms with van der Waals surface area (Å²) in [6.45, 7) is 5.62. The highest BCUT2D eigenvalue weighted by Crippen LogP contribution is 2.22. The van der Waals surface area contributed by atoms with Gasteiger partial charge in [-0.05, 0) is 31.5 Å². The fourth-order valence-corrected chi connectivity index (χ4v) is 1.78. The predicted octanol–water partition coefficient (Wildman–Crippen LogP) is 1.80. The molecule has 0 aromatic heterocycles. The van der Waals surface area contributed by atoms with E-state index in [1.165, 1.54) is 33.8 Å². The molecule has 6 heteroatoms. The van der Waals surface area contributed by atoms with E-state index < -0.39 is 23.5 Å². The Morgan fingerprint density at radius 2 is 1.75 bits per heavy atom. The molecule has 0 spiro atoms. The average Bonchev–Trinajstić information content (AvgIpc) is 2.31. The zero-order chi connectivity index (χ0) is 15.4. The van der Waals surface area contributed by atoms with Crippen LogP contribution in [0.25, 0.3) is 0 Å². The van der Waals surface area contributed by atoms with Gasteiger partial charge in [0.2, 0.25) is 11.8 Å². The van der Waals surface area contributed by atoms with Crippen molar-refractivity contribution >= 4 is 23.3 Å². The number of ketones is 1. The SMILES string of the molecule is CC(=O)Nc1cc(F)c(C)cc1C(=O)C(C)NC(C)=O. The first-order valence-corrected chi connectivity index (χ1v) is 6.11. The minimum Gasteiger partial charge on any atom is -0.346 e. The van der Waals surface area contributed by atoms with Crippen LogP contribution in [0.2, 0.25) is 0 Å². The van der Waals surface area contributed by atoms with Crippen LogP contribution in [0.4, 0.5) is 10.1 Å². The van der Waals surface area contributed by atoms with Crippen molar-refractivity contribution in [3.63, 3.8) is 0 Å². The number of Topliss-reactive ketones (excluding diaryl/α,β-unsaturated/α-hetero) is 1. The summed E-state index contributed by atoms with van der Waals surface area (Å²) in [5.41, 5.74) is 0.556. The second-order valence-corrected chi connectivity index (χ2v) is 4.61. The minimum absolute atomic E-state index is 0.0998. The van der Waals surface area contributed by atoms with Crippen LogP contribution in [0.5, 0.6) is 0 Å². The van der Waals surface area contributed by atoms with E-state index in [0.717, 1.165) is 6.07 Å². The van der Waals surface area contributed by atoms with Crippen LogP contribution >= 0.6 is 0 Å². The second-order valence-electron chi connectivity index (χ2n) is 4.61. The van der Waals surface area contributed by atoms with Gasteiger partial charge >= 0.3 is 0 Å². The summed E-state index contributed by atoms with van der Waals surface area (Å²) >= 11 is 0. The number of aryl methyl sites for hydroxylation is 1. The van der Waals surface area contributed by atoms with Gasteiger partial charge in [0, 0.05) is 19.4 Å². The van der Waals surface area contributed by atoms with E-state index >= 15 is 0 Å². The van der Waals surface area contributed by atoms with Crippen molar-refractivity contribution in [1.82, 2.24) is 5.32 Å². The second kappa shape index (κ2) is 6.27. The molecular formula is C14H17FN2O3. The molecule has 0 heterocycles. The molecule has 0 saturated heterocycles. The van der Waals surface area contributed by atoms with Crippen molar-refractivity contribution < 1.29 is 18.8 Å². The molecule has 0 radical (unpaired) electrons. The summed E-state index contributed by atoms with van der Waals surface area (Å²) in [6.07, 6.45) is 0. The number of carbonyl (C=O) groups excluding carboxylic acids is 3. The molecule has 0 aliphatic carbocycles. The summed E-state index contributed by atoms with van der Waals surface area (Å²) in [5.74, 6) is -1.66. The average molecular weight is 280 g/mol. The van der Waals surface area contributed by atoms with Crippen molar-refractivity contribution in [3.05, 3.63) is 29.1 Å². The van der Waals surface area contributed by atoms with Crippen LogP contribution in [-0.4, -0.2) is 23.6 Å². The first-order valence-electron chi connectivity index (χ1n) is 6.11. The lowest BCUT2D eigenvalue weighted by Crippen LogP contribution is -2.37. The topological polar surface area (TPSA) is 75.3 Å². The van der Waals surface area contributed by atoms with Gasteiger partial charge in [-0.15, -0.1) is 0 Å². The molecule has 1 aromatic carbocycles. The Balaban J connectivity index is 3.20. The Bertz CT molecular complexity index is 570. The first-order chi connectivity index (χ1) is 9.22. The molecule has 5 nitrogen and oxygen atoms in total. The lowest BCUT2D eigenvalue weighted by atomic mass is 10.0. The van der Waals surface area contributed by atoms with Gasteiger partial charge in [0.25, 0.3) is 0 Å². The van der Waals surface area contributed by atoms with Crippen molar-refractivity contribution in [2.75, 3.05) is 5.32 Å². The lowest BCUT2D eigenvalue weighted by molar-refractivity contribution is -0.119. The van der Waals surface area contributed by atoms with Crippen molar-refractivity contribution in [2.24, 2.45) is 0 Å². The van der Waals surface area contributed by atoms with Gasteiger partial charge in [0.15, 0.2) is 5.78 Å². The van der Waals surface area contributed by atoms with Gasteiger partial charge in [-0.1, -0.05) is 0 Å². The van der Waals surface area contributed by atoms with Crippen molar-refractivity contribution in [1.29, 1.82) is 0 Å². The number of benzene rings is 1. The molecule has 0 fully saturated rings. The van der Waals surface area contributed by atoms with Crippen molar-refractivity contribution in [2.45, 2.75) is 33.7 Å². The Labute approximate surface area is 116 Å². The maximum absolute atomic E-state index is 13.6. The quantitative estimate of drug-likeness (QED) is 0.826. The molecule has 0 bridgehead atoms. The van der Waals surface area contributed by atoms with E-state index in [9.17, 15) is 18.8 Å². The summed E-state index contributed by atoms with van der Waals surface area (Å²) < 4.78 is 13.6. The highest BCUT2D eigenvalue weighted by Gasteiger charge is 2.21. The summed E-state index contributed by atoms with van der Waals surface area (Å²) in [4.78, 5) is 34.4. The summed E-state index contributed by atoms with van der Waals surface area (Å²) in [7, 11) is 0. The van der Waals surface area contributed by atoms with Gasteiger partial charge < -0.3 is 10.6 Å². The molecular weight excluding hydrogens is 263 g/mol. The third-order valence-electron chi connectivity index (χ3n) is 2.69. The highest BCUT2D eigenvalue weighted by atomic mass is 19.1. The fourth-order valence-electron chi connectivity index (χ4n) is 1.78. The number of amides is 2. The standard InChI is InChI=1S/C14H17FN2O3/c1-7-5-11(14(20)8(2)16-9(3)18)13(6-12(7)15)17-10(4)19/h5-6,8H,1-4H3,(H,16,18)(H,17,19). The number of nitrogens with one attached hydrogen (secondary N) is 2. The largest absolute Gasteiger partial charge is 0.346 e. The zero-order valence-electron chi connectivity index (χ0n) is 11.8. The maximum atomic E-state index is 13.6. The molecule has 0 saturated carbocycles. The molecule has 1 rings (SSSR count). The number of carbonyl (C=O) groups is 3. The number of halogens is 1. The molecule has 108 valence electrons. The minimum atomic E-state index is -0.759. The van der Waals surface area contributed by atoms with Gasteiger partial charge in [-0.2, -0.15) is 0 Å². The van der Waals surface area contributed by atoms with Crippen LogP contribution in [0, 0.1) is 12.7 Å². The van der Waals surface area contributed by atoms with Gasteiger partial charge in [-0.25, -0.2) is 4.39 Å². The Morgan fingerprint density at radius 3 is 2.25 bits per heavy atom. The Kier molecular flexibility index (Phi) is 4.96. The number of hydrogen-bond acceptors (Lipinski definition) is 3. The van der Waals surface area contributed by atoms with Crippen LogP contribution in [0.15, 0.2) is 12.1 Å². The summed E-state index contributed by atoms with van der Waals surface area (Å²) in [6, 6.07) is 1.70. The third-order valence-corrected chi connectivity index (χ3v) is 2.69. The van der Waals surface area contributed by atoms with Crippen LogP contribution in [0.1, 0.15) is 36.7 Å². The fraction of sp³-hybridized carbons (Fsp3) is 0.357. The van der Waals surface area contributed by atoms with Crippen LogP contribution in [0.3, 0.4) is 0 Å². The van der Waals surface area contributed by atoms with E-state index in [1.54, 1.807) is 0 Å². The zero-order valence-corrected chi connectivity index (χ0v) is 11.8. The number of hydrogen-bond donors (Lipinski definition) is 2. The van der Waals surface area contributed by atoms with Gasteiger partial charge in [-0.3, -0.25) is 14.4 Å². The van der Waals surface area contributed by atoms with Crippen molar-refractivity contribution in [3.8, 4) is 0 Å².